The van der Waals surface area contributed by atoms with E-state index in [0.717, 1.165) is 24.2 Å². The second-order valence-corrected chi connectivity index (χ2v) is 7.39. The Labute approximate surface area is 169 Å². The monoisotopic (exact) mass is 449 g/mol. The van der Waals surface area contributed by atoms with Crippen molar-refractivity contribution in [1.82, 2.24) is 14.1 Å². The van der Waals surface area contributed by atoms with E-state index in [4.69, 9.17) is 16.3 Å². The first-order valence-electron chi connectivity index (χ1n) is 7.92. The molecule has 3 rings (SSSR count). The zero-order valence-electron chi connectivity index (χ0n) is 14.9. The summed E-state index contributed by atoms with van der Waals surface area (Å²) in [7, 11) is 0.830. The van der Waals surface area contributed by atoms with Gasteiger partial charge in [0.2, 0.25) is 0 Å². The molecule has 0 N–H and O–H groups in total. The molecule has 0 atom stereocenters. The van der Waals surface area contributed by atoms with Gasteiger partial charge in [0, 0.05) is 24.6 Å². The van der Waals surface area contributed by atoms with E-state index in [-0.39, 0.29) is 32.6 Å². The van der Waals surface area contributed by atoms with Crippen molar-refractivity contribution < 1.29 is 22.3 Å². The molecule has 0 aliphatic carbocycles. The Kier molecular flexibility index (Phi) is 5.54. The lowest BCUT2D eigenvalue weighted by Gasteiger charge is -2.15. The van der Waals surface area contributed by atoms with Crippen molar-refractivity contribution >= 4 is 22.9 Å². The number of benzene rings is 1. The number of thiazole rings is 1. The van der Waals surface area contributed by atoms with E-state index < -0.39 is 34.6 Å². The molecule has 154 valence electrons. The van der Waals surface area contributed by atoms with Crippen molar-refractivity contribution in [1.29, 1.82) is 0 Å². The molecule has 0 amide bonds. The number of halogens is 5. The molecule has 0 saturated carbocycles. The molecule has 2 heterocycles. The van der Waals surface area contributed by atoms with Crippen molar-refractivity contribution in [2.45, 2.75) is 19.7 Å². The third kappa shape index (κ3) is 4.20. The predicted octanol–water partition coefficient (Wildman–Crippen LogP) is 3.69. The van der Waals surface area contributed by atoms with Gasteiger partial charge in [-0.25, -0.2) is 18.7 Å². The molecule has 12 heteroatoms. The van der Waals surface area contributed by atoms with Crippen molar-refractivity contribution in [3.05, 3.63) is 71.7 Å². The number of aryl methyl sites for hydroxylation is 1. The Hall–Kier alpha value is -2.66. The van der Waals surface area contributed by atoms with Crippen LogP contribution in [0.3, 0.4) is 0 Å². The van der Waals surface area contributed by atoms with Crippen LogP contribution in [0.2, 0.25) is 5.02 Å². The predicted molar refractivity (Wildman–Crippen MR) is 98.4 cm³/mol. The first kappa shape index (κ1) is 21.1. The minimum absolute atomic E-state index is 0.0188. The van der Waals surface area contributed by atoms with Crippen LogP contribution in [0.5, 0.6) is 5.75 Å². The number of nitrogens with zero attached hydrogens (tertiary/aromatic N) is 3. The maximum Gasteiger partial charge on any atom is 0.431 e. The summed E-state index contributed by atoms with van der Waals surface area (Å²) in [5.41, 5.74) is -4.17. The molecule has 0 fully saturated rings. The lowest BCUT2D eigenvalue weighted by molar-refractivity contribution is -0.144. The van der Waals surface area contributed by atoms with E-state index in [1.54, 1.807) is 12.3 Å². The molecule has 0 bridgehead atoms. The normalized spacial score (nSPS) is 11.7. The molecule has 0 radical (unpaired) electrons. The van der Waals surface area contributed by atoms with Gasteiger partial charge in [-0.3, -0.25) is 9.36 Å². The molecule has 0 saturated heterocycles. The zero-order valence-corrected chi connectivity index (χ0v) is 16.5. The van der Waals surface area contributed by atoms with Gasteiger partial charge < -0.3 is 4.74 Å². The van der Waals surface area contributed by atoms with Crippen LogP contribution < -0.4 is 16.0 Å². The summed E-state index contributed by atoms with van der Waals surface area (Å²) in [6, 6.07) is 2.00. The molecule has 0 spiro atoms. The summed E-state index contributed by atoms with van der Waals surface area (Å²) in [6.07, 6.45) is -4.93. The summed E-state index contributed by atoms with van der Waals surface area (Å²) in [4.78, 5) is 28.7. The van der Waals surface area contributed by atoms with E-state index in [1.807, 2.05) is 0 Å². The van der Waals surface area contributed by atoms with Gasteiger partial charge in [0.15, 0.2) is 0 Å². The number of alkyl halides is 3. The SMILES string of the molecule is Cc1nc(COc2cc(-n3c(=O)cc(C(F)(F)F)n(C)c3=O)c(F)cc2Cl)cs1. The minimum atomic E-state index is -4.93. The van der Waals surface area contributed by atoms with Gasteiger partial charge in [-0.1, -0.05) is 11.6 Å². The van der Waals surface area contributed by atoms with Gasteiger partial charge in [0.1, 0.15) is 23.9 Å². The van der Waals surface area contributed by atoms with Crippen molar-refractivity contribution in [3.8, 4) is 11.4 Å². The Bertz CT molecular complexity index is 1200. The van der Waals surface area contributed by atoms with Crippen LogP contribution in [-0.2, 0) is 19.8 Å². The molecule has 3 aromatic rings. The standard InChI is InChI=1S/C17H12ClF4N3O3S/c1-8-23-9(7-29-8)6-28-13-4-12(11(19)3-10(13)18)25-15(26)5-14(17(20,21)22)24(2)16(25)27/h3-5,7H,6H2,1-2H3. The van der Waals surface area contributed by atoms with E-state index in [1.165, 1.54) is 11.3 Å². The van der Waals surface area contributed by atoms with Gasteiger partial charge in [-0.2, -0.15) is 13.2 Å². The first-order valence-corrected chi connectivity index (χ1v) is 9.18. The van der Waals surface area contributed by atoms with Gasteiger partial charge in [0.25, 0.3) is 5.56 Å². The highest BCUT2D eigenvalue weighted by Gasteiger charge is 2.35. The average molecular weight is 450 g/mol. The fourth-order valence-electron chi connectivity index (χ4n) is 2.55. The lowest BCUT2D eigenvalue weighted by atomic mass is 10.2. The largest absolute Gasteiger partial charge is 0.486 e. The molecule has 2 aromatic heterocycles. The van der Waals surface area contributed by atoms with Crippen LogP contribution in [0.25, 0.3) is 5.69 Å². The second kappa shape index (κ2) is 7.64. The highest BCUT2D eigenvalue weighted by Crippen LogP contribution is 2.30. The molecular weight excluding hydrogens is 438 g/mol. The molecule has 0 aliphatic heterocycles. The molecule has 29 heavy (non-hydrogen) atoms. The summed E-state index contributed by atoms with van der Waals surface area (Å²) < 4.78 is 59.3. The fraction of sp³-hybridized carbons (Fsp3) is 0.235. The zero-order chi connectivity index (χ0) is 21.5. The third-order valence-electron chi connectivity index (χ3n) is 3.89. The maximum absolute atomic E-state index is 14.4. The van der Waals surface area contributed by atoms with Crippen LogP contribution >= 0.6 is 22.9 Å². The van der Waals surface area contributed by atoms with Crippen LogP contribution in [0.15, 0.2) is 33.2 Å². The summed E-state index contributed by atoms with van der Waals surface area (Å²) in [5, 5.41) is 2.40. The smallest absolute Gasteiger partial charge is 0.431 e. The molecule has 0 unspecified atom stereocenters. The quantitative estimate of drug-likeness (QED) is 0.570. The van der Waals surface area contributed by atoms with Crippen LogP contribution in [0.4, 0.5) is 17.6 Å². The average Bonchev–Trinajstić information content (AvgIpc) is 3.03. The van der Waals surface area contributed by atoms with Crippen molar-refractivity contribution in [3.63, 3.8) is 0 Å². The number of rotatable bonds is 4. The number of ether oxygens (including phenoxy) is 1. The van der Waals surface area contributed by atoms with E-state index in [0.29, 0.717) is 5.69 Å². The van der Waals surface area contributed by atoms with E-state index in [2.05, 4.69) is 4.98 Å². The third-order valence-corrected chi connectivity index (χ3v) is 5.01. The van der Waals surface area contributed by atoms with Gasteiger partial charge in [-0.05, 0) is 13.0 Å². The van der Waals surface area contributed by atoms with Crippen LogP contribution in [0, 0.1) is 12.7 Å². The van der Waals surface area contributed by atoms with Gasteiger partial charge in [0.05, 0.1) is 21.4 Å². The van der Waals surface area contributed by atoms with Crippen LogP contribution in [-0.4, -0.2) is 14.1 Å². The molecule has 6 nitrogen and oxygen atoms in total. The maximum atomic E-state index is 14.4. The summed E-state index contributed by atoms with van der Waals surface area (Å²) >= 11 is 7.34. The summed E-state index contributed by atoms with van der Waals surface area (Å²) in [6.45, 7) is 1.78. The van der Waals surface area contributed by atoms with Gasteiger partial charge >= 0.3 is 11.9 Å². The molecular formula is C17H12ClF4N3O3S. The number of hydrogen-bond acceptors (Lipinski definition) is 5. The van der Waals surface area contributed by atoms with Crippen molar-refractivity contribution in [2.24, 2.45) is 7.05 Å². The molecule has 0 aliphatic rings. The first-order chi connectivity index (χ1) is 13.5. The second-order valence-electron chi connectivity index (χ2n) is 5.92. The number of hydrogen-bond donors (Lipinski definition) is 0. The van der Waals surface area contributed by atoms with Crippen LogP contribution in [0.1, 0.15) is 16.4 Å². The highest BCUT2D eigenvalue weighted by molar-refractivity contribution is 7.09. The van der Waals surface area contributed by atoms with E-state index in [9.17, 15) is 27.2 Å². The Balaban J connectivity index is 2.08. The highest BCUT2D eigenvalue weighted by atomic mass is 35.5. The van der Waals surface area contributed by atoms with Crippen molar-refractivity contribution in [2.75, 3.05) is 0 Å². The molecule has 1 aromatic carbocycles. The Morgan fingerprint density at radius 2 is 1.93 bits per heavy atom. The van der Waals surface area contributed by atoms with Gasteiger partial charge in [-0.15, -0.1) is 11.3 Å². The summed E-state index contributed by atoms with van der Waals surface area (Å²) in [5.74, 6) is -1.15. The fourth-order valence-corrected chi connectivity index (χ4v) is 3.35. The number of aromatic nitrogens is 3. The minimum Gasteiger partial charge on any atom is -0.486 e. The topological polar surface area (TPSA) is 66.1 Å². The lowest BCUT2D eigenvalue weighted by Crippen LogP contribution is -2.41. The Morgan fingerprint density at radius 1 is 1.24 bits per heavy atom. The van der Waals surface area contributed by atoms with E-state index >= 15 is 0 Å². The Morgan fingerprint density at radius 3 is 2.52 bits per heavy atom.